The monoisotopic (exact) mass is 447 g/mol. The number of hydrogen-bond acceptors (Lipinski definition) is 6. The topological polar surface area (TPSA) is 95.5 Å². The van der Waals surface area contributed by atoms with Gasteiger partial charge in [0.15, 0.2) is 0 Å². The Labute approximate surface area is 186 Å². The smallest absolute Gasteiger partial charge is 0.268 e. The molecule has 0 bridgehead atoms. The second-order valence-corrected chi connectivity index (χ2v) is 9.47. The molecular weight excluding hydrogens is 426 g/mol. The molecule has 0 radical (unpaired) electrons. The minimum absolute atomic E-state index is 0.00294. The van der Waals surface area contributed by atoms with Crippen LogP contribution >= 0.6 is 0 Å². The number of rotatable bonds is 4. The Morgan fingerprint density at radius 3 is 2.81 bits per heavy atom. The first-order valence-electron chi connectivity index (χ1n) is 10.2. The fourth-order valence-corrected chi connectivity index (χ4v) is 5.72. The summed E-state index contributed by atoms with van der Waals surface area (Å²) in [6, 6.07) is 13.0. The lowest BCUT2D eigenvalue weighted by Crippen LogP contribution is -2.35. The van der Waals surface area contributed by atoms with E-state index in [1.54, 1.807) is 30.0 Å². The lowest BCUT2D eigenvalue weighted by molar-refractivity contribution is -0.116. The third-order valence-electron chi connectivity index (χ3n) is 5.66. The van der Waals surface area contributed by atoms with Crippen LogP contribution in [0, 0.1) is 0 Å². The standard InChI is InChI=1S/C23H21N5O3S/c1-3-11-28-19-7-5-4-6-18(19)22-21(32(28,30)31)14-24-23(26-22)25-17-9-8-16-10-12-27(15(2)29)20(16)13-17/h3-9,13-14H,1,10-12H2,2H3,(H,24,25,26). The number of carbonyl (C=O) groups is 1. The molecule has 3 heterocycles. The van der Waals surface area contributed by atoms with E-state index in [0.29, 0.717) is 23.5 Å². The van der Waals surface area contributed by atoms with Crippen LogP contribution in [0.25, 0.3) is 11.3 Å². The van der Waals surface area contributed by atoms with Crippen molar-refractivity contribution in [2.24, 2.45) is 0 Å². The number of carbonyl (C=O) groups excluding carboxylic acids is 1. The van der Waals surface area contributed by atoms with E-state index in [1.807, 2.05) is 30.3 Å². The van der Waals surface area contributed by atoms with Crippen LogP contribution in [-0.2, 0) is 21.2 Å². The molecule has 0 spiro atoms. The van der Waals surface area contributed by atoms with Gasteiger partial charge in [0, 0.05) is 30.4 Å². The minimum atomic E-state index is -3.81. The number of benzene rings is 2. The highest BCUT2D eigenvalue weighted by molar-refractivity contribution is 7.93. The number of sulfonamides is 1. The predicted molar refractivity (Wildman–Crippen MR) is 124 cm³/mol. The molecule has 0 saturated carbocycles. The second-order valence-electron chi connectivity index (χ2n) is 7.64. The van der Waals surface area contributed by atoms with Crippen molar-refractivity contribution in [1.82, 2.24) is 9.97 Å². The number of fused-ring (bicyclic) bond motifs is 4. The average molecular weight is 448 g/mol. The van der Waals surface area contributed by atoms with Gasteiger partial charge in [-0.1, -0.05) is 30.3 Å². The molecule has 162 valence electrons. The first-order valence-corrected chi connectivity index (χ1v) is 11.6. The first kappa shape index (κ1) is 20.2. The van der Waals surface area contributed by atoms with E-state index in [2.05, 4.69) is 21.9 Å². The number of aromatic nitrogens is 2. The number of nitrogens with zero attached hydrogens (tertiary/aromatic N) is 4. The molecule has 0 saturated heterocycles. The Hall–Kier alpha value is -3.72. The van der Waals surface area contributed by atoms with E-state index < -0.39 is 10.0 Å². The summed E-state index contributed by atoms with van der Waals surface area (Å²) in [6.45, 7) is 6.05. The van der Waals surface area contributed by atoms with Gasteiger partial charge in [-0.25, -0.2) is 18.4 Å². The summed E-state index contributed by atoms with van der Waals surface area (Å²) in [6.07, 6.45) is 3.70. The van der Waals surface area contributed by atoms with Gasteiger partial charge in [0.2, 0.25) is 11.9 Å². The zero-order valence-corrected chi connectivity index (χ0v) is 18.3. The summed E-state index contributed by atoms with van der Waals surface area (Å²) >= 11 is 0. The van der Waals surface area contributed by atoms with Crippen molar-refractivity contribution in [3.63, 3.8) is 0 Å². The molecule has 1 N–H and O–H groups in total. The quantitative estimate of drug-likeness (QED) is 0.615. The molecule has 0 unspecified atom stereocenters. The van der Waals surface area contributed by atoms with Crippen molar-refractivity contribution < 1.29 is 13.2 Å². The van der Waals surface area contributed by atoms with Crippen molar-refractivity contribution in [1.29, 1.82) is 0 Å². The van der Waals surface area contributed by atoms with Gasteiger partial charge in [0.25, 0.3) is 10.0 Å². The molecule has 2 aliphatic heterocycles. The van der Waals surface area contributed by atoms with Gasteiger partial charge >= 0.3 is 0 Å². The molecule has 0 atom stereocenters. The van der Waals surface area contributed by atoms with Gasteiger partial charge in [0.1, 0.15) is 4.90 Å². The summed E-state index contributed by atoms with van der Waals surface area (Å²) in [7, 11) is -3.81. The molecular formula is C23H21N5O3S. The molecule has 5 rings (SSSR count). The van der Waals surface area contributed by atoms with Crippen LogP contribution in [0.15, 0.2) is 66.2 Å². The zero-order chi connectivity index (χ0) is 22.5. The SMILES string of the molecule is C=CCN1c2ccccc2-c2nc(Nc3ccc4c(c3)N(C(C)=O)CC4)ncc2S1(=O)=O. The Kier molecular flexibility index (Phi) is 4.70. The van der Waals surface area contributed by atoms with E-state index in [1.165, 1.54) is 10.5 Å². The molecule has 1 aromatic heterocycles. The fraction of sp³-hybridized carbons (Fsp3) is 0.174. The highest BCUT2D eigenvalue weighted by atomic mass is 32.2. The van der Waals surface area contributed by atoms with Crippen molar-refractivity contribution in [3.05, 3.63) is 66.9 Å². The van der Waals surface area contributed by atoms with Gasteiger partial charge in [-0.2, -0.15) is 0 Å². The maximum absolute atomic E-state index is 13.2. The third kappa shape index (κ3) is 3.13. The average Bonchev–Trinajstić information content (AvgIpc) is 3.20. The van der Waals surface area contributed by atoms with Crippen LogP contribution in [0.1, 0.15) is 12.5 Å². The molecule has 2 aromatic carbocycles. The number of hydrogen-bond donors (Lipinski definition) is 1. The number of anilines is 4. The van der Waals surface area contributed by atoms with Gasteiger partial charge in [-0.05, 0) is 30.2 Å². The van der Waals surface area contributed by atoms with Gasteiger partial charge in [0.05, 0.1) is 24.1 Å². The zero-order valence-electron chi connectivity index (χ0n) is 17.4. The van der Waals surface area contributed by atoms with Crippen LogP contribution in [0.2, 0.25) is 0 Å². The first-order chi connectivity index (χ1) is 15.4. The van der Waals surface area contributed by atoms with Gasteiger partial charge in [-0.15, -0.1) is 6.58 Å². The van der Waals surface area contributed by atoms with Crippen LogP contribution < -0.4 is 14.5 Å². The van der Waals surface area contributed by atoms with E-state index >= 15 is 0 Å². The Morgan fingerprint density at radius 2 is 2.03 bits per heavy atom. The van der Waals surface area contributed by atoms with E-state index in [9.17, 15) is 13.2 Å². The number of nitrogens with one attached hydrogen (secondary N) is 1. The Morgan fingerprint density at radius 1 is 1.22 bits per heavy atom. The lowest BCUT2D eigenvalue weighted by atomic mass is 10.1. The maximum Gasteiger partial charge on any atom is 0.268 e. The molecule has 3 aromatic rings. The van der Waals surface area contributed by atoms with Crippen molar-refractivity contribution in [2.75, 3.05) is 27.6 Å². The van der Waals surface area contributed by atoms with E-state index in [-0.39, 0.29) is 23.3 Å². The molecule has 1 amide bonds. The van der Waals surface area contributed by atoms with E-state index in [0.717, 1.165) is 23.4 Å². The van der Waals surface area contributed by atoms with Crippen LogP contribution in [0.4, 0.5) is 23.0 Å². The molecule has 2 aliphatic rings. The normalized spacial score (nSPS) is 15.5. The summed E-state index contributed by atoms with van der Waals surface area (Å²) < 4.78 is 27.7. The number of para-hydroxylation sites is 1. The van der Waals surface area contributed by atoms with Crippen LogP contribution in [0.3, 0.4) is 0 Å². The molecule has 0 fully saturated rings. The lowest BCUT2D eigenvalue weighted by Gasteiger charge is -2.30. The summed E-state index contributed by atoms with van der Waals surface area (Å²) in [5.74, 6) is 0.273. The third-order valence-corrected chi connectivity index (χ3v) is 7.44. The van der Waals surface area contributed by atoms with Gasteiger partial charge < -0.3 is 10.2 Å². The van der Waals surface area contributed by atoms with Crippen molar-refractivity contribution in [2.45, 2.75) is 18.2 Å². The van der Waals surface area contributed by atoms with Crippen LogP contribution in [0.5, 0.6) is 0 Å². The highest BCUT2D eigenvalue weighted by Crippen LogP contribution is 2.42. The highest BCUT2D eigenvalue weighted by Gasteiger charge is 2.35. The van der Waals surface area contributed by atoms with E-state index in [4.69, 9.17) is 0 Å². The fourth-order valence-electron chi connectivity index (χ4n) is 4.18. The molecule has 9 heteroatoms. The number of amides is 1. The minimum Gasteiger partial charge on any atom is -0.324 e. The van der Waals surface area contributed by atoms with Crippen molar-refractivity contribution in [3.8, 4) is 11.3 Å². The Balaban J connectivity index is 1.55. The second kappa shape index (κ2) is 7.45. The summed E-state index contributed by atoms with van der Waals surface area (Å²) in [5, 5.41) is 3.15. The van der Waals surface area contributed by atoms with Crippen molar-refractivity contribution >= 4 is 38.9 Å². The summed E-state index contributed by atoms with van der Waals surface area (Å²) in [5.41, 5.74) is 4.32. The van der Waals surface area contributed by atoms with Crippen LogP contribution in [-0.4, -0.2) is 37.4 Å². The molecule has 8 nitrogen and oxygen atoms in total. The molecule has 32 heavy (non-hydrogen) atoms. The summed E-state index contributed by atoms with van der Waals surface area (Å²) in [4.78, 5) is 22.5. The largest absolute Gasteiger partial charge is 0.324 e. The van der Waals surface area contributed by atoms with Gasteiger partial charge in [-0.3, -0.25) is 9.10 Å². The maximum atomic E-state index is 13.2. The Bertz CT molecular complexity index is 1370. The predicted octanol–water partition coefficient (Wildman–Crippen LogP) is 3.49. The molecule has 0 aliphatic carbocycles.